The number of anilines is 1. The van der Waals surface area contributed by atoms with Crippen LogP contribution in [0.4, 0.5) is 5.82 Å². The lowest BCUT2D eigenvalue weighted by atomic mass is 9.90. The molecule has 2 saturated heterocycles. The lowest BCUT2D eigenvalue weighted by Crippen LogP contribution is -2.45. The molecule has 3 heterocycles. The maximum absolute atomic E-state index is 12.6. The Morgan fingerprint density at radius 1 is 1.17 bits per heavy atom. The predicted molar refractivity (Wildman–Crippen MR) is 84.3 cm³/mol. The molecule has 7 nitrogen and oxygen atoms in total. The van der Waals surface area contributed by atoms with E-state index in [-0.39, 0.29) is 24.1 Å². The lowest BCUT2D eigenvalue weighted by molar-refractivity contribution is -0.143. The van der Waals surface area contributed by atoms with Crippen molar-refractivity contribution >= 4 is 17.7 Å². The number of aliphatic carboxylic acids is 1. The maximum Gasteiger partial charge on any atom is 0.308 e. The third kappa shape index (κ3) is 3.43. The fourth-order valence-electron chi connectivity index (χ4n) is 3.41. The van der Waals surface area contributed by atoms with Crippen molar-refractivity contribution in [1.82, 2.24) is 15.1 Å². The molecular weight excluding hydrogens is 296 g/mol. The van der Waals surface area contributed by atoms with Crippen molar-refractivity contribution in [1.29, 1.82) is 0 Å². The minimum atomic E-state index is -0.843. The van der Waals surface area contributed by atoms with Gasteiger partial charge in [-0.15, -0.1) is 10.2 Å². The Kier molecular flexibility index (Phi) is 4.45. The van der Waals surface area contributed by atoms with Crippen LogP contribution in [0.2, 0.25) is 0 Å². The van der Waals surface area contributed by atoms with Crippen molar-refractivity contribution in [3.63, 3.8) is 0 Å². The van der Waals surface area contributed by atoms with Gasteiger partial charge in [-0.2, -0.15) is 0 Å². The zero-order valence-electron chi connectivity index (χ0n) is 13.3. The highest BCUT2D eigenvalue weighted by molar-refractivity contribution is 5.92. The number of nitrogens with zero attached hydrogens (tertiary/aromatic N) is 4. The first-order valence-electron chi connectivity index (χ1n) is 8.15. The van der Waals surface area contributed by atoms with Crippen LogP contribution in [0, 0.1) is 11.8 Å². The summed E-state index contributed by atoms with van der Waals surface area (Å²) in [5.41, 5.74) is 0.284. The van der Waals surface area contributed by atoms with Gasteiger partial charge in [-0.1, -0.05) is 6.92 Å². The number of hydrogen-bond acceptors (Lipinski definition) is 5. The van der Waals surface area contributed by atoms with E-state index in [1.54, 1.807) is 11.0 Å². The fraction of sp³-hybridized carbons (Fsp3) is 0.625. The summed E-state index contributed by atoms with van der Waals surface area (Å²) in [6, 6.07) is 3.52. The van der Waals surface area contributed by atoms with Gasteiger partial charge in [0.2, 0.25) is 0 Å². The summed E-state index contributed by atoms with van der Waals surface area (Å²) < 4.78 is 0. The van der Waals surface area contributed by atoms with Crippen LogP contribution in [0.3, 0.4) is 0 Å². The molecule has 2 aliphatic rings. The molecule has 2 fully saturated rings. The Bertz CT molecular complexity index is 583. The second-order valence-corrected chi connectivity index (χ2v) is 6.56. The van der Waals surface area contributed by atoms with Crippen molar-refractivity contribution in [2.75, 3.05) is 31.1 Å². The molecular formula is C16H22N4O3. The molecule has 2 aliphatic heterocycles. The molecule has 2 unspecified atom stereocenters. The van der Waals surface area contributed by atoms with Gasteiger partial charge in [0.1, 0.15) is 0 Å². The molecule has 0 aliphatic carbocycles. The summed E-state index contributed by atoms with van der Waals surface area (Å²) >= 11 is 0. The summed E-state index contributed by atoms with van der Waals surface area (Å²) in [7, 11) is 0. The maximum atomic E-state index is 12.6. The highest BCUT2D eigenvalue weighted by Crippen LogP contribution is 2.23. The van der Waals surface area contributed by atoms with E-state index in [4.69, 9.17) is 0 Å². The largest absolute Gasteiger partial charge is 0.481 e. The topological polar surface area (TPSA) is 86.6 Å². The van der Waals surface area contributed by atoms with Gasteiger partial charge in [0.25, 0.3) is 5.91 Å². The Morgan fingerprint density at radius 3 is 2.52 bits per heavy atom. The highest BCUT2D eigenvalue weighted by Gasteiger charge is 2.32. The quantitative estimate of drug-likeness (QED) is 0.903. The Morgan fingerprint density at radius 2 is 1.91 bits per heavy atom. The second-order valence-electron chi connectivity index (χ2n) is 6.56. The molecule has 1 N–H and O–H groups in total. The molecule has 2 atom stereocenters. The van der Waals surface area contributed by atoms with E-state index in [0.717, 1.165) is 31.7 Å². The van der Waals surface area contributed by atoms with E-state index in [2.05, 4.69) is 15.1 Å². The molecule has 1 amide bonds. The minimum absolute atomic E-state index is 0.172. The zero-order valence-corrected chi connectivity index (χ0v) is 13.3. The summed E-state index contributed by atoms with van der Waals surface area (Å²) in [6.45, 7) is 4.74. The van der Waals surface area contributed by atoms with Crippen molar-refractivity contribution in [3.8, 4) is 0 Å². The van der Waals surface area contributed by atoms with Crippen molar-refractivity contribution in [2.24, 2.45) is 11.8 Å². The number of carbonyl (C=O) groups is 2. The second kappa shape index (κ2) is 6.52. The normalized spacial score (nSPS) is 24.7. The van der Waals surface area contributed by atoms with Crippen molar-refractivity contribution < 1.29 is 14.7 Å². The van der Waals surface area contributed by atoms with Gasteiger partial charge in [-0.25, -0.2) is 0 Å². The van der Waals surface area contributed by atoms with Crippen LogP contribution in [0.5, 0.6) is 0 Å². The van der Waals surface area contributed by atoms with E-state index in [0.29, 0.717) is 13.0 Å². The van der Waals surface area contributed by atoms with Crippen LogP contribution in [-0.4, -0.2) is 58.3 Å². The fourth-order valence-corrected chi connectivity index (χ4v) is 3.41. The third-order valence-corrected chi connectivity index (χ3v) is 4.60. The summed E-state index contributed by atoms with van der Waals surface area (Å²) in [6.07, 6.45) is 2.92. The van der Waals surface area contributed by atoms with Gasteiger partial charge in [0.05, 0.1) is 5.92 Å². The first kappa shape index (κ1) is 15.7. The standard InChI is InChI=1S/C16H22N4O3/c1-11-8-12(16(22)23)10-20(9-11)15(21)13-4-5-14(18-17-13)19-6-2-3-7-19/h4-5,11-12H,2-3,6-10H2,1H3,(H,22,23). The molecule has 124 valence electrons. The van der Waals surface area contributed by atoms with Crippen LogP contribution in [0.1, 0.15) is 36.7 Å². The van der Waals surface area contributed by atoms with Gasteiger partial charge in [0, 0.05) is 26.2 Å². The van der Waals surface area contributed by atoms with Gasteiger partial charge >= 0.3 is 5.97 Å². The number of hydrogen-bond donors (Lipinski definition) is 1. The van der Waals surface area contributed by atoms with Crippen LogP contribution >= 0.6 is 0 Å². The van der Waals surface area contributed by atoms with Gasteiger partial charge < -0.3 is 14.9 Å². The van der Waals surface area contributed by atoms with Gasteiger partial charge in [0.15, 0.2) is 11.5 Å². The number of amides is 1. The van der Waals surface area contributed by atoms with Crippen molar-refractivity contribution in [2.45, 2.75) is 26.2 Å². The smallest absolute Gasteiger partial charge is 0.308 e. The van der Waals surface area contributed by atoms with Crippen LogP contribution in [-0.2, 0) is 4.79 Å². The lowest BCUT2D eigenvalue weighted by Gasteiger charge is -2.34. The zero-order chi connectivity index (χ0) is 16.4. The van der Waals surface area contributed by atoms with Gasteiger partial charge in [-0.3, -0.25) is 9.59 Å². The van der Waals surface area contributed by atoms with Crippen LogP contribution < -0.4 is 4.90 Å². The minimum Gasteiger partial charge on any atom is -0.481 e. The molecule has 0 radical (unpaired) electrons. The van der Waals surface area contributed by atoms with Crippen molar-refractivity contribution in [3.05, 3.63) is 17.8 Å². The monoisotopic (exact) mass is 318 g/mol. The molecule has 0 saturated carbocycles. The van der Waals surface area contributed by atoms with E-state index in [1.807, 2.05) is 13.0 Å². The number of carbonyl (C=O) groups excluding carboxylic acids is 1. The van der Waals surface area contributed by atoms with Crippen LogP contribution in [0.15, 0.2) is 12.1 Å². The van der Waals surface area contributed by atoms with E-state index >= 15 is 0 Å². The SMILES string of the molecule is CC1CC(C(=O)O)CN(C(=O)c2ccc(N3CCCC3)nn2)C1. The van der Waals surface area contributed by atoms with Crippen LogP contribution in [0.25, 0.3) is 0 Å². The molecule has 0 spiro atoms. The number of carboxylic acid groups (broad SMARTS) is 1. The number of likely N-dealkylation sites (tertiary alicyclic amines) is 1. The first-order chi connectivity index (χ1) is 11.0. The highest BCUT2D eigenvalue weighted by atomic mass is 16.4. The van der Waals surface area contributed by atoms with E-state index in [1.165, 1.54) is 0 Å². The Labute approximate surface area is 135 Å². The summed E-state index contributed by atoms with van der Waals surface area (Å²) in [5.74, 6) is -0.604. The predicted octanol–water partition coefficient (Wildman–Crippen LogP) is 1.26. The average Bonchev–Trinajstić information content (AvgIpc) is 3.08. The number of piperidine rings is 1. The molecule has 0 aromatic carbocycles. The first-order valence-corrected chi connectivity index (χ1v) is 8.15. The molecule has 1 aromatic heterocycles. The molecule has 0 bridgehead atoms. The molecule has 3 rings (SSSR count). The number of carboxylic acids is 1. The number of aromatic nitrogens is 2. The Balaban J connectivity index is 1.70. The Hall–Kier alpha value is -2.18. The van der Waals surface area contributed by atoms with E-state index in [9.17, 15) is 14.7 Å². The summed E-state index contributed by atoms with van der Waals surface area (Å²) in [4.78, 5) is 27.5. The average molecular weight is 318 g/mol. The molecule has 1 aromatic rings. The number of rotatable bonds is 3. The molecule has 7 heteroatoms. The van der Waals surface area contributed by atoms with E-state index < -0.39 is 11.9 Å². The molecule has 23 heavy (non-hydrogen) atoms. The van der Waals surface area contributed by atoms with Gasteiger partial charge in [-0.05, 0) is 37.3 Å². The third-order valence-electron chi connectivity index (χ3n) is 4.60. The summed E-state index contributed by atoms with van der Waals surface area (Å²) in [5, 5.41) is 17.4.